The molecule has 2 aromatic heterocycles. The Morgan fingerprint density at radius 1 is 0.882 bits per heavy atom. The van der Waals surface area contributed by atoms with E-state index in [4.69, 9.17) is 29.9 Å². The van der Waals surface area contributed by atoms with Crippen molar-refractivity contribution in [2.24, 2.45) is 0 Å². The third-order valence-electron chi connectivity index (χ3n) is 6.38. The minimum absolute atomic E-state index is 0.239. The third kappa shape index (κ3) is 3.61. The van der Waals surface area contributed by atoms with Crippen molar-refractivity contribution in [3.05, 3.63) is 62.3 Å². The van der Waals surface area contributed by atoms with Crippen molar-refractivity contribution in [2.75, 3.05) is 50.8 Å². The Hall–Kier alpha value is -3.43. The molecule has 34 heavy (non-hydrogen) atoms. The second-order valence-corrected chi connectivity index (χ2v) is 8.79. The summed E-state index contributed by atoms with van der Waals surface area (Å²) in [6, 6.07) is 11.3. The monoisotopic (exact) mass is 483 g/mol. The van der Waals surface area contributed by atoms with E-state index in [2.05, 4.69) is 15.9 Å². The van der Waals surface area contributed by atoms with Crippen LogP contribution in [0.5, 0.6) is 11.5 Å². The minimum Gasteiger partial charge on any atom is -0.486 e. The molecule has 2 aliphatic rings. The van der Waals surface area contributed by atoms with Gasteiger partial charge in [0.1, 0.15) is 13.2 Å². The van der Waals surface area contributed by atoms with Crippen LogP contribution in [0.15, 0.2) is 54.8 Å². The minimum atomic E-state index is -1.03. The molecular formula is C24H22ClN3O6. The average Bonchev–Trinajstić information content (AvgIpc) is 3.14. The van der Waals surface area contributed by atoms with Crippen molar-refractivity contribution in [3.63, 3.8) is 0 Å². The third-order valence-corrected chi connectivity index (χ3v) is 6.62. The number of fused-ring (bicyclic) bond motifs is 4. The van der Waals surface area contributed by atoms with Gasteiger partial charge in [-0.1, -0.05) is 17.7 Å². The topological polar surface area (TPSA) is 90.3 Å². The molecule has 0 aliphatic carbocycles. The fourth-order valence-corrected chi connectivity index (χ4v) is 4.89. The number of halogens is 1. The molecule has 0 unspecified atom stereocenters. The van der Waals surface area contributed by atoms with Gasteiger partial charge in [-0.3, -0.25) is 4.90 Å². The van der Waals surface area contributed by atoms with E-state index in [-0.39, 0.29) is 11.3 Å². The number of nitrogens with zero attached hydrogens (tertiary/aromatic N) is 3. The summed E-state index contributed by atoms with van der Waals surface area (Å²) in [4.78, 5) is 28.3. The zero-order chi connectivity index (χ0) is 23.2. The second-order valence-electron chi connectivity index (χ2n) is 8.36. The molecule has 4 aromatic rings. The molecule has 2 aromatic carbocycles. The fraction of sp³-hybridized carbons (Fsp3) is 0.333. The maximum Gasteiger partial charge on any atom is 0.424 e. The van der Waals surface area contributed by atoms with Crippen LogP contribution < -0.4 is 25.6 Å². The Balaban J connectivity index is 1.21. The Morgan fingerprint density at radius 2 is 1.68 bits per heavy atom. The number of rotatable bonds is 4. The Kier molecular flexibility index (Phi) is 5.23. The van der Waals surface area contributed by atoms with Gasteiger partial charge < -0.3 is 27.8 Å². The first kappa shape index (κ1) is 21.1. The first-order valence-electron chi connectivity index (χ1n) is 11.2. The van der Waals surface area contributed by atoms with Crippen LogP contribution in [-0.4, -0.2) is 55.4 Å². The van der Waals surface area contributed by atoms with Crippen LogP contribution in [0.3, 0.4) is 0 Å². The van der Waals surface area contributed by atoms with E-state index in [1.807, 2.05) is 22.8 Å². The molecule has 0 saturated carbocycles. The number of para-hydroxylation sites is 1. The van der Waals surface area contributed by atoms with Gasteiger partial charge in [-0.05, 0) is 30.3 Å². The molecule has 0 radical (unpaired) electrons. The molecule has 2 aliphatic heterocycles. The van der Waals surface area contributed by atoms with Gasteiger partial charge in [-0.2, -0.15) is 0 Å². The molecule has 0 N–H and O–H groups in total. The molecule has 9 nitrogen and oxygen atoms in total. The van der Waals surface area contributed by atoms with Gasteiger partial charge in [0.15, 0.2) is 11.5 Å². The highest BCUT2D eigenvalue weighted by Crippen LogP contribution is 2.39. The quantitative estimate of drug-likeness (QED) is 0.409. The Morgan fingerprint density at radius 3 is 2.53 bits per heavy atom. The first-order valence-corrected chi connectivity index (χ1v) is 11.6. The number of hydrogen-bond donors (Lipinski definition) is 0. The molecule has 6 rings (SSSR count). The molecule has 4 heterocycles. The predicted molar refractivity (Wildman–Crippen MR) is 128 cm³/mol. The summed E-state index contributed by atoms with van der Waals surface area (Å²) in [5.41, 5.74) is 0.293. The molecule has 1 saturated heterocycles. The number of hydrogen-bond acceptors (Lipinski definition) is 8. The second kappa shape index (κ2) is 8.41. The van der Waals surface area contributed by atoms with Crippen molar-refractivity contribution >= 4 is 39.5 Å². The molecule has 0 spiro atoms. The number of aromatic nitrogens is 1. The van der Waals surface area contributed by atoms with Crippen LogP contribution in [0.4, 0.5) is 5.69 Å². The lowest BCUT2D eigenvalue weighted by molar-refractivity contribution is 0.171. The maximum atomic E-state index is 11.9. The van der Waals surface area contributed by atoms with Crippen molar-refractivity contribution in [1.82, 2.24) is 9.47 Å². The summed E-state index contributed by atoms with van der Waals surface area (Å²) in [6.45, 7) is 5.88. The summed E-state index contributed by atoms with van der Waals surface area (Å²) in [7, 11) is 0. The van der Waals surface area contributed by atoms with Gasteiger partial charge >= 0.3 is 11.3 Å². The molecule has 0 bridgehead atoms. The zero-order valence-electron chi connectivity index (χ0n) is 18.3. The van der Waals surface area contributed by atoms with E-state index < -0.39 is 11.3 Å². The van der Waals surface area contributed by atoms with Crippen LogP contribution in [0, 0.1) is 0 Å². The van der Waals surface area contributed by atoms with Crippen LogP contribution in [0.1, 0.15) is 0 Å². The number of anilines is 1. The lowest BCUT2D eigenvalue weighted by Crippen LogP contribution is -2.47. The molecule has 176 valence electrons. The zero-order valence-corrected chi connectivity index (χ0v) is 19.0. The van der Waals surface area contributed by atoms with E-state index in [0.29, 0.717) is 30.2 Å². The molecule has 0 amide bonds. The van der Waals surface area contributed by atoms with Crippen molar-refractivity contribution in [3.8, 4) is 11.5 Å². The largest absolute Gasteiger partial charge is 0.486 e. The summed E-state index contributed by atoms with van der Waals surface area (Å²) < 4.78 is 24.0. The summed E-state index contributed by atoms with van der Waals surface area (Å²) in [6.07, 6.45) is 0. The highest BCUT2D eigenvalue weighted by molar-refractivity contribution is 6.31. The van der Waals surface area contributed by atoms with Gasteiger partial charge in [-0.25, -0.2) is 9.59 Å². The SMILES string of the molecule is O=c1oc2c3cc(Cl)ccc3n(CCN3CCN(c4cccc5c4OCCO5)CC3)c2oc1=O. The lowest BCUT2D eigenvalue weighted by atomic mass is 10.2. The van der Waals surface area contributed by atoms with Crippen molar-refractivity contribution < 1.29 is 18.3 Å². The highest BCUT2D eigenvalue weighted by atomic mass is 35.5. The van der Waals surface area contributed by atoms with Crippen molar-refractivity contribution in [2.45, 2.75) is 6.54 Å². The summed E-state index contributed by atoms with van der Waals surface area (Å²) in [5, 5.41) is 1.15. The smallest absolute Gasteiger partial charge is 0.424 e. The van der Waals surface area contributed by atoms with Gasteiger partial charge in [-0.15, -0.1) is 0 Å². The van der Waals surface area contributed by atoms with E-state index >= 15 is 0 Å². The Labute approximate surface area is 198 Å². The normalized spacial score (nSPS) is 16.4. The predicted octanol–water partition coefficient (Wildman–Crippen LogP) is 2.95. The van der Waals surface area contributed by atoms with Gasteiger partial charge in [0.25, 0.3) is 0 Å². The molecule has 1 fully saturated rings. The number of benzene rings is 2. The standard InChI is InChI=1S/C24H22ClN3O6/c25-15-4-5-17-16(14-15)20-22(34-24(30)23(29)33-20)28(17)11-8-26-6-9-27(10-7-26)18-2-1-3-19-21(18)32-13-12-31-19/h1-5,14H,6-13H2. The van der Waals surface area contributed by atoms with Crippen LogP contribution in [-0.2, 0) is 6.54 Å². The number of piperazine rings is 1. The first-order chi connectivity index (χ1) is 16.6. The van der Waals surface area contributed by atoms with Gasteiger partial charge in [0.05, 0.1) is 11.2 Å². The fourth-order valence-electron chi connectivity index (χ4n) is 4.72. The van der Waals surface area contributed by atoms with E-state index in [9.17, 15) is 9.59 Å². The maximum absolute atomic E-state index is 11.9. The summed E-state index contributed by atoms with van der Waals surface area (Å²) >= 11 is 6.16. The van der Waals surface area contributed by atoms with Crippen molar-refractivity contribution in [1.29, 1.82) is 0 Å². The molecule has 10 heteroatoms. The van der Waals surface area contributed by atoms with Gasteiger partial charge in [0, 0.05) is 49.7 Å². The summed E-state index contributed by atoms with van der Waals surface area (Å²) in [5.74, 6) is 1.62. The lowest BCUT2D eigenvalue weighted by Gasteiger charge is -2.37. The average molecular weight is 484 g/mol. The van der Waals surface area contributed by atoms with Crippen LogP contribution >= 0.6 is 11.6 Å². The molecular weight excluding hydrogens is 462 g/mol. The van der Waals surface area contributed by atoms with E-state index in [0.717, 1.165) is 55.4 Å². The molecule has 0 atom stereocenters. The van der Waals surface area contributed by atoms with Gasteiger partial charge in [0.2, 0.25) is 11.3 Å². The van der Waals surface area contributed by atoms with E-state index in [1.54, 1.807) is 12.1 Å². The highest BCUT2D eigenvalue weighted by Gasteiger charge is 2.24. The van der Waals surface area contributed by atoms with Crippen LogP contribution in [0.25, 0.3) is 22.2 Å². The van der Waals surface area contributed by atoms with E-state index in [1.165, 1.54) is 0 Å². The number of ether oxygens (including phenoxy) is 2. The Bertz CT molecular complexity index is 1500. The van der Waals surface area contributed by atoms with Crippen LogP contribution in [0.2, 0.25) is 5.02 Å².